The Morgan fingerprint density at radius 2 is 1.65 bits per heavy atom. The second-order valence-corrected chi connectivity index (χ2v) is 3.63. The molecule has 0 aromatic carbocycles. The number of hydrogen-bond donors (Lipinski definition) is 0. The van der Waals surface area contributed by atoms with E-state index in [1.807, 2.05) is 0 Å². The minimum Gasteiger partial charge on any atom is -0.454 e. The van der Waals surface area contributed by atoms with Gasteiger partial charge in [-0.05, 0) is 6.07 Å². The van der Waals surface area contributed by atoms with E-state index >= 15 is 0 Å². The van der Waals surface area contributed by atoms with Crippen LogP contribution in [0.25, 0.3) is 0 Å². The zero-order valence-corrected chi connectivity index (χ0v) is 9.23. The Morgan fingerprint density at radius 1 is 1.00 bits per heavy atom. The summed E-state index contributed by atoms with van der Waals surface area (Å²) in [5.41, 5.74) is -0.197. The smallest absolute Gasteiger partial charge is 0.265 e. The summed E-state index contributed by atoms with van der Waals surface area (Å²) >= 11 is 5.71. The van der Waals surface area contributed by atoms with E-state index in [2.05, 4.69) is 9.97 Å². The molecule has 2 heterocycles. The van der Waals surface area contributed by atoms with Gasteiger partial charge < -0.3 is 4.74 Å². The average molecular weight is 257 g/mol. The lowest BCUT2D eigenvalue weighted by Crippen LogP contribution is -1.90. The second kappa shape index (κ2) is 5.05. The maximum absolute atomic E-state index is 12.4. The van der Waals surface area contributed by atoms with E-state index in [1.54, 1.807) is 0 Å². The maximum atomic E-state index is 12.4. The van der Waals surface area contributed by atoms with Crippen molar-refractivity contribution in [1.29, 1.82) is 0 Å². The molecule has 0 saturated heterocycles. The van der Waals surface area contributed by atoms with Crippen molar-refractivity contribution in [2.45, 2.75) is 6.43 Å². The van der Waals surface area contributed by atoms with Crippen molar-refractivity contribution in [3.05, 3.63) is 47.5 Å². The van der Waals surface area contributed by atoms with Crippen LogP contribution in [-0.2, 0) is 0 Å². The number of pyridine rings is 2. The third-order valence-electron chi connectivity index (χ3n) is 1.90. The maximum Gasteiger partial charge on any atom is 0.265 e. The quantitative estimate of drug-likeness (QED) is 0.836. The van der Waals surface area contributed by atoms with Crippen molar-refractivity contribution in [2.75, 3.05) is 0 Å². The fourth-order valence-electron chi connectivity index (χ4n) is 1.20. The predicted molar refractivity (Wildman–Crippen MR) is 58.5 cm³/mol. The number of rotatable bonds is 3. The van der Waals surface area contributed by atoms with Crippen LogP contribution in [0.5, 0.6) is 11.5 Å². The predicted octanol–water partition coefficient (Wildman–Crippen LogP) is 3.86. The van der Waals surface area contributed by atoms with Crippen molar-refractivity contribution >= 4 is 11.6 Å². The zero-order chi connectivity index (χ0) is 12.3. The van der Waals surface area contributed by atoms with Gasteiger partial charge in [-0.1, -0.05) is 11.6 Å². The normalized spacial score (nSPS) is 10.6. The van der Waals surface area contributed by atoms with Crippen LogP contribution in [0.4, 0.5) is 8.78 Å². The summed E-state index contributed by atoms with van der Waals surface area (Å²) in [7, 11) is 0. The number of nitrogens with zero attached hydrogens (tertiary/aromatic N) is 2. The van der Waals surface area contributed by atoms with Crippen molar-refractivity contribution in [1.82, 2.24) is 9.97 Å². The summed E-state index contributed by atoms with van der Waals surface area (Å²) in [6, 6.07) is 2.75. The van der Waals surface area contributed by atoms with Crippen LogP contribution < -0.4 is 4.74 Å². The Kier molecular flexibility index (Phi) is 3.49. The molecule has 0 aliphatic heterocycles. The lowest BCUT2D eigenvalue weighted by molar-refractivity contribution is 0.150. The van der Waals surface area contributed by atoms with Gasteiger partial charge in [-0.15, -0.1) is 0 Å². The van der Waals surface area contributed by atoms with Gasteiger partial charge in [-0.3, -0.25) is 9.97 Å². The van der Waals surface area contributed by atoms with Crippen LogP contribution in [0.3, 0.4) is 0 Å². The van der Waals surface area contributed by atoms with Crippen LogP contribution in [0, 0.1) is 0 Å². The summed E-state index contributed by atoms with van der Waals surface area (Å²) in [5.74, 6) is 0.581. The van der Waals surface area contributed by atoms with Gasteiger partial charge in [0.1, 0.15) is 11.5 Å². The van der Waals surface area contributed by atoms with Gasteiger partial charge in [0.25, 0.3) is 6.43 Å². The molecule has 3 nitrogen and oxygen atoms in total. The number of hydrogen-bond acceptors (Lipinski definition) is 3. The molecule has 2 aromatic heterocycles. The summed E-state index contributed by atoms with van der Waals surface area (Å²) in [5, 5.41) is 0.403. The summed E-state index contributed by atoms with van der Waals surface area (Å²) in [4.78, 5) is 7.48. The first-order valence-electron chi connectivity index (χ1n) is 4.66. The standard InChI is InChI=1S/C11H7ClF2N2O/c12-8-2-10(6-16-4-8)17-9-1-7(11(13)14)3-15-5-9/h1-6,11H. The van der Waals surface area contributed by atoms with Gasteiger partial charge in [0.05, 0.1) is 17.4 Å². The van der Waals surface area contributed by atoms with E-state index in [1.165, 1.54) is 30.7 Å². The van der Waals surface area contributed by atoms with E-state index in [4.69, 9.17) is 16.3 Å². The molecular formula is C11H7ClF2N2O. The summed E-state index contributed by atoms with van der Waals surface area (Å²) in [6.07, 6.45) is 2.73. The molecule has 0 N–H and O–H groups in total. The third-order valence-corrected chi connectivity index (χ3v) is 2.11. The molecule has 0 radical (unpaired) electrons. The third kappa shape index (κ3) is 3.10. The van der Waals surface area contributed by atoms with E-state index in [-0.39, 0.29) is 11.3 Å². The van der Waals surface area contributed by atoms with Crippen molar-refractivity contribution < 1.29 is 13.5 Å². The first-order valence-corrected chi connectivity index (χ1v) is 5.04. The Hall–Kier alpha value is -1.75. The molecule has 0 spiro atoms. The fourth-order valence-corrected chi connectivity index (χ4v) is 1.36. The topological polar surface area (TPSA) is 35.0 Å². The molecular weight excluding hydrogens is 250 g/mol. The molecule has 0 atom stereocenters. The van der Waals surface area contributed by atoms with Gasteiger partial charge in [-0.2, -0.15) is 0 Å². The van der Waals surface area contributed by atoms with Crippen molar-refractivity contribution in [3.8, 4) is 11.5 Å². The molecule has 0 amide bonds. The highest BCUT2D eigenvalue weighted by Crippen LogP contribution is 2.26. The van der Waals surface area contributed by atoms with Crippen LogP contribution in [0.1, 0.15) is 12.0 Å². The fraction of sp³-hybridized carbons (Fsp3) is 0.0909. The molecule has 2 aromatic rings. The zero-order valence-electron chi connectivity index (χ0n) is 8.48. The molecule has 6 heteroatoms. The van der Waals surface area contributed by atoms with Crippen LogP contribution in [0.2, 0.25) is 5.02 Å². The lowest BCUT2D eigenvalue weighted by Gasteiger charge is -2.06. The minimum absolute atomic E-state index is 0.197. The van der Waals surface area contributed by atoms with E-state index in [0.717, 1.165) is 6.20 Å². The first kappa shape index (κ1) is 11.7. The summed E-state index contributed by atoms with van der Waals surface area (Å²) in [6.45, 7) is 0. The minimum atomic E-state index is -2.58. The SMILES string of the molecule is FC(F)c1cncc(Oc2cncc(Cl)c2)c1. The Balaban J connectivity index is 2.21. The van der Waals surface area contributed by atoms with Crippen molar-refractivity contribution in [2.24, 2.45) is 0 Å². The molecule has 0 fully saturated rings. The van der Waals surface area contributed by atoms with E-state index in [9.17, 15) is 8.78 Å². The van der Waals surface area contributed by atoms with Crippen LogP contribution >= 0.6 is 11.6 Å². The molecule has 0 saturated carbocycles. The van der Waals surface area contributed by atoms with E-state index in [0.29, 0.717) is 10.8 Å². The lowest BCUT2D eigenvalue weighted by atomic mass is 10.3. The molecule has 0 aliphatic carbocycles. The highest BCUT2D eigenvalue weighted by molar-refractivity contribution is 6.30. The average Bonchev–Trinajstić information content (AvgIpc) is 2.29. The first-order chi connectivity index (χ1) is 8.15. The summed E-state index contributed by atoms with van der Waals surface area (Å²) < 4.78 is 30.1. The van der Waals surface area contributed by atoms with Gasteiger partial charge in [0.2, 0.25) is 0 Å². The van der Waals surface area contributed by atoms with Gasteiger partial charge >= 0.3 is 0 Å². The molecule has 0 bridgehead atoms. The molecule has 17 heavy (non-hydrogen) atoms. The molecule has 0 unspecified atom stereocenters. The highest BCUT2D eigenvalue weighted by Gasteiger charge is 2.09. The van der Waals surface area contributed by atoms with Crippen LogP contribution in [0.15, 0.2) is 36.9 Å². The number of aromatic nitrogens is 2. The number of halogens is 3. The van der Waals surface area contributed by atoms with Gasteiger partial charge in [0, 0.05) is 24.0 Å². The molecule has 2 rings (SSSR count). The molecule has 88 valence electrons. The van der Waals surface area contributed by atoms with Gasteiger partial charge in [0.15, 0.2) is 0 Å². The molecule has 0 aliphatic rings. The second-order valence-electron chi connectivity index (χ2n) is 3.20. The van der Waals surface area contributed by atoms with E-state index < -0.39 is 6.43 Å². The van der Waals surface area contributed by atoms with Crippen LogP contribution in [-0.4, -0.2) is 9.97 Å². The number of ether oxygens (including phenoxy) is 1. The highest BCUT2D eigenvalue weighted by atomic mass is 35.5. The Morgan fingerprint density at radius 3 is 2.29 bits per heavy atom. The van der Waals surface area contributed by atoms with Crippen molar-refractivity contribution in [3.63, 3.8) is 0 Å². The number of alkyl halides is 2. The Labute approximate surface area is 101 Å². The van der Waals surface area contributed by atoms with Gasteiger partial charge in [-0.25, -0.2) is 8.78 Å². The Bertz CT molecular complexity index is 522. The monoisotopic (exact) mass is 256 g/mol. The largest absolute Gasteiger partial charge is 0.454 e.